The van der Waals surface area contributed by atoms with E-state index in [1.165, 1.54) is 25.7 Å². The van der Waals surface area contributed by atoms with Gasteiger partial charge in [-0.05, 0) is 52.7 Å². The lowest BCUT2D eigenvalue weighted by Crippen LogP contribution is -2.29. The van der Waals surface area contributed by atoms with Crippen molar-refractivity contribution in [3.05, 3.63) is 26.7 Å². The Morgan fingerprint density at radius 2 is 1.95 bits per heavy atom. The number of rotatable bonds is 3. The van der Waals surface area contributed by atoms with Gasteiger partial charge in [0, 0.05) is 10.5 Å². The second kappa shape index (κ2) is 6.69. The molecule has 106 valence electrons. The highest BCUT2D eigenvalue weighted by Crippen LogP contribution is 2.38. The van der Waals surface area contributed by atoms with E-state index in [4.69, 9.17) is 23.2 Å². The van der Waals surface area contributed by atoms with Crippen LogP contribution >= 0.6 is 39.1 Å². The standard InChI is InChI=1S/C15H20BrCl2N/c1-9(2)10-4-3-5-11(8-10)19-13-7-6-12(16)14(17)15(13)18/h6-7,9-11,19H,3-5,8H2,1-2H3. The van der Waals surface area contributed by atoms with E-state index in [9.17, 15) is 0 Å². The van der Waals surface area contributed by atoms with Gasteiger partial charge in [-0.25, -0.2) is 0 Å². The molecule has 1 aromatic rings. The molecule has 2 rings (SSSR count). The molecule has 0 heterocycles. The third-order valence-corrected chi connectivity index (χ3v) is 5.82. The van der Waals surface area contributed by atoms with E-state index >= 15 is 0 Å². The van der Waals surface area contributed by atoms with Crippen LogP contribution < -0.4 is 5.32 Å². The maximum absolute atomic E-state index is 6.29. The zero-order valence-corrected chi connectivity index (χ0v) is 14.4. The van der Waals surface area contributed by atoms with Gasteiger partial charge in [0.25, 0.3) is 0 Å². The molecule has 0 aromatic heterocycles. The Morgan fingerprint density at radius 1 is 1.21 bits per heavy atom. The summed E-state index contributed by atoms with van der Waals surface area (Å²) < 4.78 is 0.841. The van der Waals surface area contributed by atoms with Crippen LogP contribution in [0.15, 0.2) is 16.6 Å². The zero-order chi connectivity index (χ0) is 14.0. The largest absolute Gasteiger partial charge is 0.381 e. The molecule has 1 N–H and O–H groups in total. The summed E-state index contributed by atoms with van der Waals surface area (Å²) in [6.07, 6.45) is 5.09. The van der Waals surface area contributed by atoms with Crippen LogP contribution in [0, 0.1) is 11.8 Å². The monoisotopic (exact) mass is 363 g/mol. The highest BCUT2D eigenvalue weighted by atomic mass is 79.9. The van der Waals surface area contributed by atoms with Crippen molar-refractivity contribution in [1.82, 2.24) is 0 Å². The van der Waals surface area contributed by atoms with E-state index in [-0.39, 0.29) is 0 Å². The molecule has 1 aromatic carbocycles. The Labute approximate surface area is 134 Å². The Balaban J connectivity index is 2.07. The second-order valence-corrected chi connectivity index (χ2v) is 7.35. The number of halogens is 3. The summed E-state index contributed by atoms with van der Waals surface area (Å²) in [6.45, 7) is 4.63. The molecule has 0 aliphatic heterocycles. The van der Waals surface area contributed by atoms with E-state index in [1.807, 2.05) is 12.1 Å². The first-order chi connectivity index (χ1) is 8.99. The van der Waals surface area contributed by atoms with Gasteiger partial charge in [-0.2, -0.15) is 0 Å². The average molecular weight is 365 g/mol. The van der Waals surface area contributed by atoms with Crippen LogP contribution in [0.5, 0.6) is 0 Å². The number of nitrogens with one attached hydrogen (secondary N) is 1. The molecule has 2 atom stereocenters. The first-order valence-electron chi connectivity index (χ1n) is 6.89. The van der Waals surface area contributed by atoms with Gasteiger partial charge in [0.05, 0.1) is 15.7 Å². The van der Waals surface area contributed by atoms with E-state index in [1.54, 1.807) is 0 Å². The molecule has 19 heavy (non-hydrogen) atoms. The minimum absolute atomic E-state index is 0.510. The maximum atomic E-state index is 6.29. The maximum Gasteiger partial charge on any atom is 0.0835 e. The molecule has 2 unspecified atom stereocenters. The molecule has 4 heteroatoms. The summed E-state index contributed by atoms with van der Waals surface area (Å²) in [4.78, 5) is 0. The molecule has 1 aliphatic carbocycles. The third kappa shape index (κ3) is 3.80. The first-order valence-corrected chi connectivity index (χ1v) is 8.44. The molecule has 1 saturated carbocycles. The van der Waals surface area contributed by atoms with Gasteiger partial charge in [-0.1, -0.05) is 49.9 Å². The second-order valence-electron chi connectivity index (χ2n) is 5.73. The summed E-state index contributed by atoms with van der Waals surface area (Å²) in [5.41, 5.74) is 0.948. The lowest BCUT2D eigenvalue weighted by Gasteiger charge is -2.33. The minimum Gasteiger partial charge on any atom is -0.381 e. The van der Waals surface area contributed by atoms with Crippen molar-refractivity contribution in [2.24, 2.45) is 11.8 Å². The van der Waals surface area contributed by atoms with Crippen LogP contribution in [0.2, 0.25) is 10.0 Å². The Hall–Kier alpha value is 0.0800. The van der Waals surface area contributed by atoms with Gasteiger partial charge in [0.2, 0.25) is 0 Å². The van der Waals surface area contributed by atoms with Crippen molar-refractivity contribution < 1.29 is 0 Å². The molecule has 0 bridgehead atoms. The van der Waals surface area contributed by atoms with Crippen molar-refractivity contribution >= 4 is 44.8 Å². The van der Waals surface area contributed by atoms with Crippen molar-refractivity contribution in [2.45, 2.75) is 45.6 Å². The fourth-order valence-corrected chi connectivity index (χ4v) is 3.65. The van der Waals surface area contributed by atoms with Crippen LogP contribution in [0.1, 0.15) is 39.5 Å². The molecule has 1 nitrogen and oxygen atoms in total. The van der Waals surface area contributed by atoms with Crippen molar-refractivity contribution in [1.29, 1.82) is 0 Å². The van der Waals surface area contributed by atoms with Crippen LogP contribution in [-0.2, 0) is 0 Å². The molecule has 1 aliphatic rings. The Bertz CT molecular complexity index is 448. The van der Waals surface area contributed by atoms with Gasteiger partial charge in [-0.15, -0.1) is 0 Å². The number of hydrogen-bond donors (Lipinski definition) is 1. The first kappa shape index (κ1) is 15.5. The predicted molar refractivity (Wildman–Crippen MR) is 88.4 cm³/mol. The van der Waals surface area contributed by atoms with Gasteiger partial charge in [0.15, 0.2) is 0 Å². The average Bonchev–Trinajstić information content (AvgIpc) is 2.40. The van der Waals surface area contributed by atoms with E-state index in [2.05, 4.69) is 35.1 Å². The van der Waals surface area contributed by atoms with Crippen LogP contribution in [0.4, 0.5) is 5.69 Å². The SMILES string of the molecule is CC(C)C1CCCC(Nc2ccc(Br)c(Cl)c2Cl)C1. The molecule has 0 amide bonds. The van der Waals surface area contributed by atoms with Gasteiger partial charge in [0.1, 0.15) is 0 Å². The van der Waals surface area contributed by atoms with Crippen molar-refractivity contribution in [2.75, 3.05) is 5.32 Å². The summed E-state index contributed by atoms with van der Waals surface area (Å²) >= 11 is 15.8. The number of benzene rings is 1. The lowest BCUT2D eigenvalue weighted by molar-refractivity contribution is 0.264. The number of hydrogen-bond acceptors (Lipinski definition) is 1. The molecule has 0 radical (unpaired) electrons. The van der Waals surface area contributed by atoms with Crippen LogP contribution in [0.3, 0.4) is 0 Å². The molecule has 1 fully saturated rings. The van der Waals surface area contributed by atoms with Gasteiger partial charge < -0.3 is 5.32 Å². The Kier molecular flexibility index (Phi) is 5.45. The van der Waals surface area contributed by atoms with Crippen molar-refractivity contribution in [3.63, 3.8) is 0 Å². The summed E-state index contributed by atoms with van der Waals surface area (Å²) in [5.74, 6) is 1.57. The van der Waals surface area contributed by atoms with Gasteiger partial charge >= 0.3 is 0 Å². The summed E-state index contributed by atoms with van der Waals surface area (Å²) in [5, 5.41) is 4.76. The highest BCUT2D eigenvalue weighted by Gasteiger charge is 2.24. The predicted octanol–water partition coefficient (Wildman–Crippen LogP) is 6.38. The normalized spacial score (nSPS) is 23.7. The fraction of sp³-hybridized carbons (Fsp3) is 0.600. The summed E-state index contributed by atoms with van der Waals surface area (Å²) in [7, 11) is 0. The summed E-state index contributed by atoms with van der Waals surface area (Å²) in [6, 6.07) is 4.45. The van der Waals surface area contributed by atoms with Gasteiger partial charge in [-0.3, -0.25) is 0 Å². The van der Waals surface area contributed by atoms with E-state index in [0.717, 1.165) is 22.0 Å². The molecular weight excluding hydrogens is 345 g/mol. The fourth-order valence-electron chi connectivity index (χ4n) is 2.82. The quantitative estimate of drug-likeness (QED) is 0.613. The van der Waals surface area contributed by atoms with Crippen LogP contribution in [0.25, 0.3) is 0 Å². The minimum atomic E-state index is 0.510. The smallest absolute Gasteiger partial charge is 0.0835 e. The van der Waals surface area contributed by atoms with E-state index in [0.29, 0.717) is 16.1 Å². The van der Waals surface area contributed by atoms with E-state index < -0.39 is 0 Å². The topological polar surface area (TPSA) is 12.0 Å². The lowest BCUT2D eigenvalue weighted by atomic mass is 9.79. The zero-order valence-electron chi connectivity index (χ0n) is 11.3. The van der Waals surface area contributed by atoms with Crippen molar-refractivity contribution in [3.8, 4) is 0 Å². The molecular formula is C15H20BrCl2N. The number of anilines is 1. The highest BCUT2D eigenvalue weighted by molar-refractivity contribution is 9.10. The van der Waals surface area contributed by atoms with Crippen LogP contribution in [-0.4, -0.2) is 6.04 Å². The Morgan fingerprint density at radius 3 is 2.63 bits per heavy atom. The molecule has 0 saturated heterocycles. The third-order valence-electron chi connectivity index (χ3n) is 4.05. The molecule has 0 spiro atoms.